The zero-order valence-electron chi connectivity index (χ0n) is 14.5. The molecule has 1 saturated heterocycles. The van der Waals surface area contributed by atoms with Gasteiger partial charge >= 0.3 is 0 Å². The fraction of sp³-hybridized carbons (Fsp3) is 0.556. The van der Waals surface area contributed by atoms with Crippen molar-refractivity contribution in [2.75, 3.05) is 40.0 Å². The van der Waals surface area contributed by atoms with E-state index in [1.807, 2.05) is 19.9 Å². The first kappa shape index (κ1) is 18.3. The smallest absolute Gasteiger partial charge is 0.260 e. The summed E-state index contributed by atoms with van der Waals surface area (Å²) in [5.74, 6) is 1.13. The van der Waals surface area contributed by atoms with E-state index in [1.165, 1.54) is 0 Å². The van der Waals surface area contributed by atoms with E-state index < -0.39 is 0 Å². The van der Waals surface area contributed by atoms with Crippen LogP contribution in [0.3, 0.4) is 0 Å². The molecule has 1 aromatic carbocycles. The van der Waals surface area contributed by atoms with Crippen molar-refractivity contribution in [2.24, 2.45) is 5.92 Å². The summed E-state index contributed by atoms with van der Waals surface area (Å²) >= 11 is 0. The van der Waals surface area contributed by atoms with Crippen LogP contribution in [0.4, 0.5) is 0 Å². The highest BCUT2D eigenvalue weighted by molar-refractivity contribution is 5.82. The molecule has 1 aliphatic heterocycles. The number of hydrogen-bond donors (Lipinski definition) is 0. The molecule has 1 amide bonds. The number of methoxy groups -OCH3 is 1. The second-order valence-corrected chi connectivity index (χ2v) is 6.06. The van der Waals surface area contributed by atoms with E-state index in [4.69, 9.17) is 14.2 Å². The fourth-order valence-corrected chi connectivity index (χ4v) is 2.39. The molecule has 0 N–H and O–H groups in total. The Morgan fingerprint density at radius 3 is 2.54 bits per heavy atom. The van der Waals surface area contributed by atoms with Crippen LogP contribution in [0.1, 0.15) is 19.4 Å². The van der Waals surface area contributed by atoms with E-state index >= 15 is 0 Å². The SMILES string of the molecule is COc1cc(CC(=O)C(C)C)ccc1OCC(=O)N1CCOCC1. The minimum atomic E-state index is -0.0700. The lowest BCUT2D eigenvalue weighted by atomic mass is 10.0. The van der Waals surface area contributed by atoms with Crippen molar-refractivity contribution in [1.29, 1.82) is 0 Å². The lowest BCUT2D eigenvalue weighted by Gasteiger charge is -2.26. The second kappa shape index (κ2) is 8.68. The summed E-state index contributed by atoms with van der Waals surface area (Å²) in [6.07, 6.45) is 0.362. The third-order valence-corrected chi connectivity index (χ3v) is 3.97. The molecular formula is C18H25NO5. The normalized spacial score (nSPS) is 14.6. The van der Waals surface area contributed by atoms with Gasteiger partial charge in [-0.25, -0.2) is 0 Å². The average Bonchev–Trinajstić information content (AvgIpc) is 2.60. The van der Waals surface area contributed by atoms with Gasteiger partial charge < -0.3 is 19.1 Å². The highest BCUT2D eigenvalue weighted by Crippen LogP contribution is 2.28. The number of ketones is 1. The maximum Gasteiger partial charge on any atom is 0.260 e. The lowest BCUT2D eigenvalue weighted by Crippen LogP contribution is -2.43. The van der Waals surface area contributed by atoms with Gasteiger partial charge in [0.25, 0.3) is 5.91 Å². The van der Waals surface area contributed by atoms with Gasteiger partial charge in [0.1, 0.15) is 5.78 Å². The predicted octanol–water partition coefficient (Wildman–Crippen LogP) is 1.70. The van der Waals surface area contributed by atoms with E-state index in [1.54, 1.807) is 24.1 Å². The Morgan fingerprint density at radius 2 is 1.92 bits per heavy atom. The molecule has 1 aliphatic rings. The van der Waals surface area contributed by atoms with Crippen molar-refractivity contribution >= 4 is 11.7 Å². The molecule has 6 heteroatoms. The zero-order valence-corrected chi connectivity index (χ0v) is 14.5. The summed E-state index contributed by atoms with van der Waals surface area (Å²) in [5.41, 5.74) is 0.873. The van der Waals surface area contributed by atoms with Crippen LogP contribution in [0.25, 0.3) is 0 Å². The van der Waals surface area contributed by atoms with Gasteiger partial charge in [0.05, 0.1) is 20.3 Å². The van der Waals surface area contributed by atoms with Gasteiger partial charge in [-0.3, -0.25) is 9.59 Å². The number of carbonyl (C=O) groups excluding carboxylic acids is 2. The monoisotopic (exact) mass is 335 g/mol. The highest BCUT2D eigenvalue weighted by Gasteiger charge is 2.18. The number of carbonyl (C=O) groups is 2. The Morgan fingerprint density at radius 1 is 1.21 bits per heavy atom. The molecule has 24 heavy (non-hydrogen) atoms. The van der Waals surface area contributed by atoms with Crippen molar-refractivity contribution in [3.05, 3.63) is 23.8 Å². The molecule has 0 spiro atoms. The molecular weight excluding hydrogens is 310 g/mol. The predicted molar refractivity (Wildman–Crippen MR) is 89.4 cm³/mol. The van der Waals surface area contributed by atoms with Crippen LogP contribution in [0.2, 0.25) is 0 Å². The topological polar surface area (TPSA) is 65.1 Å². The first-order chi connectivity index (χ1) is 11.5. The van der Waals surface area contributed by atoms with E-state index in [9.17, 15) is 9.59 Å². The minimum absolute atomic E-state index is 0.00179. The molecule has 0 bridgehead atoms. The first-order valence-electron chi connectivity index (χ1n) is 8.19. The highest BCUT2D eigenvalue weighted by atomic mass is 16.5. The van der Waals surface area contributed by atoms with Crippen LogP contribution in [0, 0.1) is 5.92 Å². The molecule has 1 heterocycles. The van der Waals surface area contributed by atoms with Crippen LogP contribution < -0.4 is 9.47 Å². The molecule has 0 aromatic heterocycles. The molecule has 0 atom stereocenters. The third kappa shape index (κ3) is 4.96. The summed E-state index contributed by atoms with van der Waals surface area (Å²) in [5, 5.41) is 0. The number of rotatable bonds is 7. The maximum absolute atomic E-state index is 12.1. The van der Waals surface area contributed by atoms with Gasteiger partial charge in [0.15, 0.2) is 18.1 Å². The molecule has 1 fully saturated rings. The largest absolute Gasteiger partial charge is 0.493 e. The number of ether oxygens (including phenoxy) is 3. The molecule has 0 saturated carbocycles. The average molecular weight is 335 g/mol. The standard InChI is InChI=1S/C18H25NO5/c1-13(2)15(20)10-14-4-5-16(17(11-14)22-3)24-12-18(21)19-6-8-23-9-7-19/h4-5,11,13H,6-10,12H2,1-3H3. The summed E-state index contributed by atoms with van der Waals surface area (Å²) in [6, 6.07) is 5.36. The number of amides is 1. The number of nitrogens with zero attached hydrogens (tertiary/aromatic N) is 1. The van der Waals surface area contributed by atoms with Gasteiger partial charge in [0.2, 0.25) is 0 Å². The van der Waals surface area contributed by atoms with E-state index in [2.05, 4.69) is 0 Å². The number of Topliss-reactive ketones (excluding diaryl/α,β-unsaturated/α-hetero) is 1. The molecule has 2 rings (SSSR count). The summed E-state index contributed by atoms with van der Waals surface area (Å²) in [7, 11) is 1.54. The van der Waals surface area contributed by atoms with Gasteiger partial charge in [0, 0.05) is 25.4 Å². The van der Waals surface area contributed by atoms with Gasteiger partial charge in [-0.05, 0) is 17.7 Å². The molecule has 0 aliphatic carbocycles. The van der Waals surface area contributed by atoms with Gasteiger partial charge in [-0.15, -0.1) is 0 Å². The Bertz CT molecular complexity index is 579. The van der Waals surface area contributed by atoms with Gasteiger partial charge in [-0.1, -0.05) is 19.9 Å². The molecule has 1 aromatic rings. The Balaban J connectivity index is 1.97. The molecule has 0 radical (unpaired) electrons. The summed E-state index contributed by atoms with van der Waals surface area (Å²) < 4.78 is 16.2. The zero-order chi connectivity index (χ0) is 17.5. The van der Waals surface area contributed by atoms with Crippen LogP contribution in [0.15, 0.2) is 18.2 Å². The van der Waals surface area contributed by atoms with Crippen molar-refractivity contribution in [3.8, 4) is 11.5 Å². The van der Waals surface area contributed by atoms with E-state index in [0.717, 1.165) is 5.56 Å². The lowest BCUT2D eigenvalue weighted by molar-refractivity contribution is -0.137. The van der Waals surface area contributed by atoms with Crippen molar-refractivity contribution in [3.63, 3.8) is 0 Å². The van der Waals surface area contributed by atoms with Gasteiger partial charge in [-0.2, -0.15) is 0 Å². The summed E-state index contributed by atoms with van der Waals surface area (Å²) in [6.45, 7) is 6.04. The van der Waals surface area contributed by atoms with Crippen LogP contribution in [0.5, 0.6) is 11.5 Å². The molecule has 0 unspecified atom stereocenters. The van der Waals surface area contributed by atoms with E-state index in [0.29, 0.717) is 44.2 Å². The van der Waals surface area contributed by atoms with Crippen LogP contribution in [-0.2, 0) is 20.7 Å². The van der Waals surface area contributed by atoms with Crippen molar-refractivity contribution in [2.45, 2.75) is 20.3 Å². The first-order valence-corrected chi connectivity index (χ1v) is 8.19. The number of morpholine rings is 1. The van der Waals surface area contributed by atoms with Crippen molar-refractivity contribution in [1.82, 2.24) is 4.90 Å². The quantitative estimate of drug-likeness (QED) is 0.759. The van der Waals surface area contributed by atoms with Crippen molar-refractivity contribution < 1.29 is 23.8 Å². The van der Waals surface area contributed by atoms with Crippen LogP contribution >= 0.6 is 0 Å². The fourth-order valence-electron chi connectivity index (χ4n) is 2.39. The Labute approximate surface area is 142 Å². The second-order valence-electron chi connectivity index (χ2n) is 6.06. The number of benzene rings is 1. The Hall–Kier alpha value is -2.08. The maximum atomic E-state index is 12.1. The molecule has 6 nitrogen and oxygen atoms in total. The number of hydrogen-bond acceptors (Lipinski definition) is 5. The van der Waals surface area contributed by atoms with Crippen LogP contribution in [-0.4, -0.2) is 56.6 Å². The summed E-state index contributed by atoms with van der Waals surface area (Å²) in [4.78, 5) is 25.7. The Kier molecular flexibility index (Phi) is 6.61. The van der Waals surface area contributed by atoms with E-state index in [-0.39, 0.29) is 24.2 Å². The third-order valence-electron chi connectivity index (χ3n) is 3.97. The minimum Gasteiger partial charge on any atom is -0.493 e. The molecule has 132 valence electrons.